The van der Waals surface area contributed by atoms with Gasteiger partial charge in [0, 0.05) is 46.0 Å². The Bertz CT molecular complexity index is 981. The van der Waals surface area contributed by atoms with E-state index in [1.54, 1.807) is 0 Å². The zero-order chi connectivity index (χ0) is 19.7. The molecule has 1 fully saturated rings. The lowest BCUT2D eigenvalue weighted by Crippen LogP contribution is -2.48. The van der Waals surface area contributed by atoms with E-state index >= 15 is 0 Å². The van der Waals surface area contributed by atoms with Gasteiger partial charge in [0.15, 0.2) is 0 Å². The molecule has 9 heteroatoms. The second kappa shape index (κ2) is 7.59. The standard InChI is InChI=1S/C18H23N3O4S2/c1-19(2)26(22,23)17-8-10-18(11-9-17)27(24,25)21-14-12-20(13-15-21)16-6-4-3-5-7-16/h3-11H,12-15H2,1-2H3. The summed E-state index contributed by atoms with van der Waals surface area (Å²) in [6.45, 7) is 1.98. The first kappa shape index (κ1) is 19.8. The maximum atomic E-state index is 12.9. The van der Waals surface area contributed by atoms with Crippen LogP contribution in [0.4, 0.5) is 5.69 Å². The minimum Gasteiger partial charge on any atom is -0.369 e. The monoisotopic (exact) mass is 409 g/mol. The fourth-order valence-corrected chi connectivity index (χ4v) is 5.29. The van der Waals surface area contributed by atoms with Crippen molar-refractivity contribution in [3.05, 3.63) is 54.6 Å². The van der Waals surface area contributed by atoms with Gasteiger partial charge in [0.25, 0.3) is 0 Å². The maximum Gasteiger partial charge on any atom is 0.243 e. The van der Waals surface area contributed by atoms with Crippen LogP contribution in [0.5, 0.6) is 0 Å². The molecule has 146 valence electrons. The number of hydrogen-bond donors (Lipinski definition) is 0. The van der Waals surface area contributed by atoms with Gasteiger partial charge in [0.2, 0.25) is 20.0 Å². The average molecular weight is 410 g/mol. The topological polar surface area (TPSA) is 78.0 Å². The van der Waals surface area contributed by atoms with E-state index in [4.69, 9.17) is 0 Å². The molecule has 1 saturated heterocycles. The lowest BCUT2D eigenvalue weighted by molar-refractivity contribution is 0.385. The summed E-state index contributed by atoms with van der Waals surface area (Å²) >= 11 is 0. The molecule has 0 bridgehead atoms. The molecular formula is C18H23N3O4S2. The lowest BCUT2D eigenvalue weighted by Gasteiger charge is -2.35. The van der Waals surface area contributed by atoms with Gasteiger partial charge >= 0.3 is 0 Å². The Labute approximate surface area is 160 Å². The summed E-state index contributed by atoms with van der Waals surface area (Å²) in [5.74, 6) is 0. The third kappa shape index (κ3) is 4.01. The average Bonchev–Trinajstić information content (AvgIpc) is 2.68. The smallest absolute Gasteiger partial charge is 0.243 e. The van der Waals surface area contributed by atoms with Crippen LogP contribution in [-0.2, 0) is 20.0 Å². The number of sulfonamides is 2. The van der Waals surface area contributed by atoms with E-state index in [9.17, 15) is 16.8 Å². The molecule has 1 heterocycles. The minimum absolute atomic E-state index is 0.0698. The van der Waals surface area contributed by atoms with Crippen LogP contribution in [0.1, 0.15) is 0 Å². The van der Waals surface area contributed by atoms with Gasteiger partial charge in [0.05, 0.1) is 9.79 Å². The number of piperazine rings is 1. The van der Waals surface area contributed by atoms with Crippen molar-refractivity contribution < 1.29 is 16.8 Å². The van der Waals surface area contributed by atoms with E-state index in [0.29, 0.717) is 26.2 Å². The van der Waals surface area contributed by atoms with Gasteiger partial charge in [-0.2, -0.15) is 4.31 Å². The Morgan fingerprint density at radius 3 is 1.78 bits per heavy atom. The van der Waals surface area contributed by atoms with Crippen molar-refractivity contribution in [3.63, 3.8) is 0 Å². The van der Waals surface area contributed by atoms with Crippen molar-refractivity contribution in [2.75, 3.05) is 45.2 Å². The van der Waals surface area contributed by atoms with Crippen molar-refractivity contribution in [3.8, 4) is 0 Å². The Balaban J connectivity index is 1.74. The Hall–Kier alpha value is -1.94. The van der Waals surface area contributed by atoms with E-state index in [2.05, 4.69) is 4.90 Å². The fraction of sp³-hybridized carbons (Fsp3) is 0.333. The van der Waals surface area contributed by atoms with Gasteiger partial charge in [-0.1, -0.05) is 18.2 Å². The van der Waals surface area contributed by atoms with Crippen molar-refractivity contribution in [2.24, 2.45) is 0 Å². The van der Waals surface area contributed by atoms with Gasteiger partial charge in [-0.3, -0.25) is 0 Å². The molecule has 2 aromatic rings. The van der Waals surface area contributed by atoms with E-state index < -0.39 is 20.0 Å². The number of para-hydroxylation sites is 1. The van der Waals surface area contributed by atoms with Crippen LogP contribution in [0.25, 0.3) is 0 Å². The number of rotatable bonds is 5. The first-order valence-corrected chi connectivity index (χ1v) is 11.4. The first-order valence-electron chi connectivity index (χ1n) is 8.56. The summed E-state index contributed by atoms with van der Waals surface area (Å²) in [6, 6.07) is 15.3. The van der Waals surface area contributed by atoms with Crippen molar-refractivity contribution in [1.29, 1.82) is 0 Å². The molecule has 0 unspecified atom stereocenters. The molecule has 27 heavy (non-hydrogen) atoms. The molecule has 0 aromatic heterocycles. The molecule has 2 aromatic carbocycles. The third-order valence-electron chi connectivity index (χ3n) is 4.60. The zero-order valence-electron chi connectivity index (χ0n) is 15.3. The second-order valence-electron chi connectivity index (χ2n) is 6.49. The van der Waals surface area contributed by atoms with Gasteiger partial charge in [0.1, 0.15) is 0 Å². The predicted molar refractivity (Wildman–Crippen MR) is 105 cm³/mol. The van der Waals surface area contributed by atoms with Crippen molar-refractivity contribution in [1.82, 2.24) is 8.61 Å². The van der Waals surface area contributed by atoms with Gasteiger partial charge in [-0.15, -0.1) is 0 Å². The summed E-state index contributed by atoms with van der Waals surface area (Å²) in [7, 11) is -4.36. The van der Waals surface area contributed by atoms with Gasteiger partial charge in [-0.25, -0.2) is 21.1 Å². The molecule has 7 nitrogen and oxygen atoms in total. The first-order chi connectivity index (χ1) is 12.7. The second-order valence-corrected chi connectivity index (χ2v) is 10.6. The highest BCUT2D eigenvalue weighted by Crippen LogP contribution is 2.22. The minimum atomic E-state index is -3.65. The molecule has 0 aliphatic carbocycles. The number of anilines is 1. The van der Waals surface area contributed by atoms with E-state index in [1.807, 2.05) is 30.3 Å². The summed E-state index contributed by atoms with van der Waals surface area (Å²) in [6.07, 6.45) is 0. The number of hydrogen-bond acceptors (Lipinski definition) is 5. The summed E-state index contributed by atoms with van der Waals surface area (Å²) in [4.78, 5) is 2.33. The molecule has 0 radical (unpaired) electrons. The van der Waals surface area contributed by atoms with Crippen LogP contribution in [0.3, 0.4) is 0 Å². The number of nitrogens with zero attached hydrogens (tertiary/aromatic N) is 3. The van der Waals surface area contributed by atoms with E-state index in [-0.39, 0.29) is 9.79 Å². The lowest BCUT2D eigenvalue weighted by atomic mass is 10.2. The van der Waals surface area contributed by atoms with Crippen LogP contribution >= 0.6 is 0 Å². The van der Waals surface area contributed by atoms with E-state index in [0.717, 1.165) is 9.99 Å². The van der Waals surface area contributed by atoms with Crippen LogP contribution < -0.4 is 4.90 Å². The van der Waals surface area contributed by atoms with Crippen LogP contribution in [0.15, 0.2) is 64.4 Å². The molecule has 0 spiro atoms. The van der Waals surface area contributed by atoms with Crippen LogP contribution in [-0.4, -0.2) is 65.7 Å². The van der Waals surface area contributed by atoms with Crippen molar-refractivity contribution >= 4 is 25.7 Å². The maximum absolute atomic E-state index is 12.9. The van der Waals surface area contributed by atoms with Gasteiger partial charge in [-0.05, 0) is 36.4 Å². The fourth-order valence-electron chi connectivity index (χ4n) is 2.97. The molecule has 0 N–H and O–H groups in total. The molecule has 0 saturated carbocycles. The molecule has 1 aliphatic heterocycles. The number of benzene rings is 2. The molecule has 3 rings (SSSR count). The molecular weight excluding hydrogens is 386 g/mol. The Morgan fingerprint density at radius 1 is 0.741 bits per heavy atom. The Morgan fingerprint density at radius 2 is 1.26 bits per heavy atom. The summed E-state index contributed by atoms with van der Waals surface area (Å²) < 4.78 is 52.5. The highest BCUT2D eigenvalue weighted by atomic mass is 32.2. The molecule has 1 aliphatic rings. The molecule has 0 amide bonds. The van der Waals surface area contributed by atoms with Crippen LogP contribution in [0.2, 0.25) is 0 Å². The quantitative estimate of drug-likeness (QED) is 0.747. The largest absolute Gasteiger partial charge is 0.369 e. The summed E-state index contributed by atoms with van der Waals surface area (Å²) in [5, 5.41) is 0. The summed E-state index contributed by atoms with van der Waals surface area (Å²) in [5.41, 5.74) is 1.08. The predicted octanol–water partition coefficient (Wildman–Crippen LogP) is 1.45. The Kier molecular flexibility index (Phi) is 5.57. The highest BCUT2D eigenvalue weighted by Gasteiger charge is 2.29. The normalized spacial score (nSPS) is 16.6. The van der Waals surface area contributed by atoms with E-state index in [1.165, 1.54) is 42.7 Å². The third-order valence-corrected chi connectivity index (χ3v) is 8.34. The molecule has 0 atom stereocenters. The highest BCUT2D eigenvalue weighted by molar-refractivity contribution is 7.89. The zero-order valence-corrected chi connectivity index (χ0v) is 16.9. The van der Waals surface area contributed by atoms with Crippen LogP contribution in [0, 0.1) is 0 Å². The SMILES string of the molecule is CN(C)S(=O)(=O)c1ccc(S(=O)(=O)N2CCN(c3ccccc3)CC2)cc1. The van der Waals surface area contributed by atoms with Gasteiger partial charge < -0.3 is 4.90 Å². The van der Waals surface area contributed by atoms with Crippen molar-refractivity contribution in [2.45, 2.75) is 9.79 Å².